The standard InChI is InChI=1S/Al.Ca.Fe.H2O4S.O/c;;;1-5(2,3)4;/h;;;(H2,1,2,3,4);/q+3;2*+2;;-2/p-2. The third-order valence-electron chi connectivity index (χ3n) is 0. The molecule has 0 atom stereocenters. The SMILES string of the molecule is O=S(=O)([O-])[O-].[Al+3].[Ca+2].[Fe+2].[O-2]. The smallest absolute Gasteiger partial charge is 2.00 e. The van der Waals surface area contributed by atoms with Crippen molar-refractivity contribution >= 4 is 65.5 Å². The number of rotatable bonds is 0. The van der Waals surface area contributed by atoms with Crippen molar-refractivity contribution in [2.24, 2.45) is 0 Å². The Labute approximate surface area is 104 Å². The second-order valence-electron chi connectivity index (χ2n) is 0.408. The average Bonchev–Trinajstić information content (AvgIpc) is 0.722. The largest absolute Gasteiger partial charge is 3.00 e. The molecule has 0 saturated heterocycles. The van der Waals surface area contributed by atoms with E-state index in [2.05, 4.69) is 0 Å². The Balaban J connectivity index is -0.0000000133. The fourth-order valence-electron chi connectivity index (χ4n) is 0. The zero-order chi connectivity index (χ0) is 4.50. The summed E-state index contributed by atoms with van der Waals surface area (Å²) in [7, 11) is -5.17. The molecule has 0 aliphatic heterocycles. The van der Waals surface area contributed by atoms with E-state index in [1.807, 2.05) is 0 Å². The van der Waals surface area contributed by atoms with Crippen molar-refractivity contribution in [3.63, 3.8) is 0 Å². The molecule has 0 fully saturated rings. The molecule has 46 valence electrons. The van der Waals surface area contributed by atoms with Gasteiger partial charge in [0.2, 0.25) is 0 Å². The third kappa shape index (κ3) is 147. The van der Waals surface area contributed by atoms with Crippen LogP contribution in [0.15, 0.2) is 0 Å². The first-order chi connectivity index (χ1) is 2.00. The van der Waals surface area contributed by atoms with Crippen molar-refractivity contribution in [3.05, 3.63) is 0 Å². The molecule has 0 aromatic rings. The summed E-state index contributed by atoms with van der Waals surface area (Å²) in [5.74, 6) is 0. The van der Waals surface area contributed by atoms with Crippen LogP contribution in [0.2, 0.25) is 0 Å². The van der Waals surface area contributed by atoms with E-state index in [1.165, 1.54) is 0 Å². The minimum absolute atomic E-state index is 0. The summed E-state index contributed by atoms with van der Waals surface area (Å²) in [4.78, 5) is 0. The van der Waals surface area contributed by atoms with E-state index >= 15 is 0 Å². The van der Waals surface area contributed by atoms with Gasteiger partial charge in [-0.3, -0.25) is 8.42 Å². The fraction of sp³-hybridized carbons (Fsp3) is 0. The van der Waals surface area contributed by atoms with E-state index in [9.17, 15) is 0 Å². The van der Waals surface area contributed by atoms with Gasteiger partial charge in [0, 0.05) is 10.4 Å². The summed E-state index contributed by atoms with van der Waals surface area (Å²) in [5, 5.41) is 0. The molecule has 0 unspecified atom stereocenters. The van der Waals surface area contributed by atoms with Gasteiger partial charge in [-0.2, -0.15) is 0 Å². The first-order valence-electron chi connectivity index (χ1n) is 0.667. The van der Waals surface area contributed by atoms with Crippen molar-refractivity contribution in [1.29, 1.82) is 0 Å². The van der Waals surface area contributed by atoms with Gasteiger partial charge in [0.05, 0.1) is 0 Å². The first kappa shape index (κ1) is 30.4. The van der Waals surface area contributed by atoms with Gasteiger partial charge >= 0.3 is 72.2 Å². The van der Waals surface area contributed by atoms with E-state index in [1.54, 1.807) is 0 Å². The van der Waals surface area contributed by atoms with Gasteiger partial charge in [0.1, 0.15) is 0 Å². The topological polar surface area (TPSA) is 109 Å². The minimum Gasteiger partial charge on any atom is -2.00 e. The summed E-state index contributed by atoms with van der Waals surface area (Å²) in [6.07, 6.45) is 0. The molecule has 0 N–H and O–H groups in total. The Morgan fingerprint density at radius 1 is 1.11 bits per heavy atom. The average molecular weight is 235 g/mol. The molecule has 0 amide bonds. The summed E-state index contributed by atoms with van der Waals surface area (Å²) in [6, 6.07) is 0. The van der Waals surface area contributed by atoms with Crippen molar-refractivity contribution in [2.75, 3.05) is 0 Å². The van der Waals surface area contributed by atoms with E-state index in [0.29, 0.717) is 0 Å². The molecule has 9 heavy (non-hydrogen) atoms. The minimum atomic E-state index is -5.17. The maximum absolute atomic E-state index is 8.52. The Hall–Kier alpha value is 2.14. The van der Waals surface area contributed by atoms with Crippen molar-refractivity contribution in [3.8, 4) is 0 Å². The maximum Gasteiger partial charge on any atom is 3.00 e. The van der Waals surface area contributed by atoms with Crippen LogP contribution in [0.4, 0.5) is 0 Å². The summed E-state index contributed by atoms with van der Waals surface area (Å²) in [5.41, 5.74) is 0. The van der Waals surface area contributed by atoms with Crippen LogP contribution >= 0.6 is 0 Å². The summed E-state index contributed by atoms with van der Waals surface area (Å²) in [6.45, 7) is 0. The van der Waals surface area contributed by atoms with Gasteiger partial charge in [-0.15, -0.1) is 0 Å². The summed E-state index contributed by atoms with van der Waals surface area (Å²) < 4.78 is 34.1. The predicted molar refractivity (Wildman–Crippen MR) is 22.7 cm³/mol. The van der Waals surface area contributed by atoms with Gasteiger partial charge in [-0.1, -0.05) is 0 Å². The Bertz CT molecular complexity index is 100. The van der Waals surface area contributed by atoms with Crippen LogP contribution in [0.5, 0.6) is 0 Å². The maximum atomic E-state index is 8.52. The molecule has 5 nitrogen and oxygen atoms in total. The molecule has 0 bridgehead atoms. The van der Waals surface area contributed by atoms with Gasteiger partial charge in [-0.05, 0) is 0 Å². The molecule has 0 aliphatic carbocycles. The monoisotopic (exact) mass is 235 g/mol. The predicted octanol–water partition coefficient (Wildman–Crippen LogP) is -2.22. The fourth-order valence-corrected chi connectivity index (χ4v) is 0. The van der Waals surface area contributed by atoms with Crippen molar-refractivity contribution in [1.82, 2.24) is 0 Å². The second-order valence-corrected chi connectivity index (χ2v) is 1.22. The molecule has 0 aliphatic rings. The first-order valence-corrected chi connectivity index (χ1v) is 2.00. The summed E-state index contributed by atoms with van der Waals surface area (Å²) >= 11 is 0. The zero-order valence-corrected chi connectivity index (χ0v) is 9.37. The van der Waals surface area contributed by atoms with Crippen molar-refractivity contribution in [2.45, 2.75) is 0 Å². The molecule has 0 aromatic carbocycles. The van der Waals surface area contributed by atoms with Crippen LogP contribution in [-0.2, 0) is 32.9 Å². The second kappa shape index (κ2) is 12.8. The van der Waals surface area contributed by atoms with Gasteiger partial charge < -0.3 is 14.6 Å². The van der Waals surface area contributed by atoms with Crippen LogP contribution in [-0.4, -0.2) is 72.6 Å². The number of hydrogen-bond acceptors (Lipinski definition) is 4. The molecule has 0 heterocycles. The molecule has 0 aromatic heterocycles. The van der Waals surface area contributed by atoms with E-state index in [4.69, 9.17) is 17.5 Å². The van der Waals surface area contributed by atoms with E-state index < -0.39 is 10.4 Å². The molecule has 9 heteroatoms. The normalized spacial score (nSPS) is 6.44. The van der Waals surface area contributed by atoms with E-state index in [0.717, 1.165) is 0 Å². The molecule has 0 saturated carbocycles. The molecule has 0 rings (SSSR count). The van der Waals surface area contributed by atoms with Crippen LogP contribution < -0.4 is 0 Å². The molecule has 0 spiro atoms. The quantitative estimate of drug-likeness (QED) is 0.269. The van der Waals surface area contributed by atoms with Crippen LogP contribution in [0.1, 0.15) is 0 Å². The zero-order valence-electron chi connectivity index (χ0n) is 4.09. The third-order valence-corrected chi connectivity index (χ3v) is 0. The molecule has 0 radical (unpaired) electrons. The van der Waals surface area contributed by atoms with Gasteiger partial charge in [-0.25, -0.2) is 0 Å². The Morgan fingerprint density at radius 3 is 1.11 bits per heavy atom. The Morgan fingerprint density at radius 2 is 1.11 bits per heavy atom. The Kier molecular flexibility index (Phi) is 43.2. The molecular formula is AlCaFeO5S+3. The molecular weight excluding hydrogens is 235 g/mol. The van der Waals surface area contributed by atoms with Crippen LogP contribution in [0.3, 0.4) is 0 Å². The van der Waals surface area contributed by atoms with Crippen LogP contribution in [0, 0.1) is 0 Å². The van der Waals surface area contributed by atoms with Gasteiger partial charge in [0.25, 0.3) is 0 Å². The van der Waals surface area contributed by atoms with Gasteiger partial charge in [0.15, 0.2) is 0 Å². The van der Waals surface area contributed by atoms with Crippen molar-refractivity contribution < 1.29 is 40.1 Å². The van der Waals surface area contributed by atoms with Crippen LogP contribution in [0.25, 0.3) is 0 Å². The number of hydrogen-bond donors (Lipinski definition) is 0. The van der Waals surface area contributed by atoms with E-state index in [-0.39, 0.29) is 77.6 Å².